The van der Waals surface area contributed by atoms with Crippen LogP contribution in [0, 0.1) is 11.6 Å². The smallest absolute Gasteiger partial charge is 0.226 e. The zero-order valence-corrected chi connectivity index (χ0v) is 16.2. The SMILES string of the molecule is CCc1nc2n(n1)[C@@H](c1cc(F)cc(F)c1)C=C(c1ccc(OC)c(OC)c1)N2. The molecule has 8 heteroatoms. The van der Waals surface area contributed by atoms with Crippen LogP contribution < -0.4 is 14.8 Å². The van der Waals surface area contributed by atoms with E-state index in [-0.39, 0.29) is 0 Å². The van der Waals surface area contributed by atoms with Gasteiger partial charge in [0.2, 0.25) is 5.95 Å². The highest BCUT2D eigenvalue weighted by molar-refractivity contribution is 5.78. The molecule has 29 heavy (non-hydrogen) atoms. The van der Waals surface area contributed by atoms with Crippen molar-refractivity contribution in [2.75, 3.05) is 19.5 Å². The summed E-state index contributed by atoms with van der Waals surface area (Å²) in [6.45, 7) is 1.95. The number of rotatable bonds is 5. The van der Waals surface area contributed by atoms with Gasteiger partial charge in [-0.2, -0.15) is 10.1 Å². The van der Waals surface area contributed by atoms with Gasteiger partial charge in [-0.05, 0) is 42.0 Å². The van der Waals surface area contributed by atoms with Gasteiger partial charge in [-0.3, -0.25) is 0 Å². The summed E-state index contributed by atoms with van der Waals surface area (Å²) in [4.78, 5) is 4.50. The second kappa shape index (κ2) is 7.54. The van der Waals surface area contributed by atoms with Crippen molar-refractivity contribution >= 4 is 11.6 Å². The van der Waals surface area contributed by atoms with E-state index in [4.69, 9.17) is 9.47 Å². The monoisotopic (exact) mass is 398 g/mol. The van der Waals surface area contributed by atoms with Crippen LogP contribution in [0.5, 0.6) is 11.5 Å². The summed E-state index contributed by atoms with van der Waals surface area (Å²) in [7, 11) is 3.13. The zero-order valence-electron chi connectivity index (χ0n) is 16.2. The lowest BCUT2D eigenvalue weighted by Crippen LogP contribution is -2.20. The number of aromatic nitrogens is 3. The van der Waals surface area contributed by atoms with Crippen LogP contribution in [0.15, 0.2) is 42.5 Å². The molecule has 1 aliphatic rings. The number of ether oxygens (including phenoxy) is 2. The van der Waals surface area contributed by atoms with E-state index in [2.05, 4.69) is 15.4 Å². The van der Waals surface area contributed by atoms with E-state index in [0.29, 0.717) is 35.3 Å². The molecule has 3 aromatic rings. The molecule has 4 rings (SSSR count). The number of nitrogens with zero attached hydrogens (tertiary/aromatic N) is 3. The van der Waals surface area contributed by atoms with Crippen LogP contribution in [-0.2, 0) is 6.42 Å². The average molecular weight is 398 g/mol. The van der Waals surface area contributed by atoms with Gasteiger partial charge in [0.15, 0.2) is 17.3 Å². The van der Waals surface area contributed by atoms with E-state index in [1.165, 1.54) is 12.1 Å². The summed E-state index contributed by atoms with van der Waals surface area (Å²) in [5.74, 6) is 1.03. The van der Waals surface area contributed by atoms with Gasteiger partial charge in [0, 0.05) is 23.7 Å². The lowest BCUT2D eigenvalue weighted by atomic mass is 10.0. The minimum Gasteiger partial charge on any atom is -0.493 e. The van der Waals surface area contributed by atoms with Crippen molar-refractivity contribution in [3.8, 4) is 11.5 Å². The van der Waals surface area contributed by atoms with Crippen molar-refractivity contribution in [1.29, 1.82) is 0 Å². The second-order valence-corrected chi connectivity index (χ2v) is 6.57. The largest absolute Gasteiger partial charge is 0.493 e. The number of nitrogens with one attached hydrogen (secondary N) is 1. The van der Waals surface area contributed by atoms with Gasteiger partial charge in [0.1, 0.15) is 17.7 Å². The third-order valence-electron chi connectivity index (χ3n) is 4.75. The Morgan fingerprint density at radius 3 is 2.41 bits per heavy atom. The maximum Gasteiger partial charge on any atom is 0.226 e. The van der Waals surface area contributed by atoms with Crippen LogP contribution >= 0.6 is 0 Å². The Hall–Kier alpha value is -3.42. The van der Waals surface area contributed by atoms with Crippen LogP contribution in [0.1, 0.15) is 29.9 Å². The Balaban J connectivity index is 1.84. The maximum atomic E-state index is 13.9. The van der Waals surface area contributed by atoms with Gasteiger partial charge in [0.25, 0.3) is 0 Å². The number of hydrogen-bond donors (Lipinski definition) is 1. The second-order valence-electron chi connectivity index (χ2n) is 6.57. The van der Waals surface area contributed by atoms with Gasteiger partial charge >= 0.3 is 0 Å². The predicted molar refractivity (Wildman–Crippen MR) is 105 cm³/mol. The van der Waals surface area contributed by atoms with Crippen molar-refractivity contribution < 1.29 is 18.3 Å². The first kappa shape index (κ1) is 18.9. The van der Waals surface area contributed by atoms with Crippen molar-refractivity contribution in [2.24, 2.45) is 0 Å². The van der Waals surface area contributed by atoms with Gasteiger partial charge in [-0.25, -0.2) is 13.5 Å². The van der Waals surface area contributed by atoms with E-state index in [0.717, 1.165) is 17.3 Å². The van der Waals surface area contributed by atoms with Gasteiger partial charge in [0.05, 0.1) is 14.2 Å². The first-order valence-corrected chi connectivity index (χ1v) is 9.15. The van der Waals surface area contributed by atoms with Crippen LogP contribution in [0.4, 0.5) is 14.7 Å². The fourth-order valence-corrected chi connectivity index (χ4v) is 3.34. The fraction of sp³-hybridized carbons (Fsp3) is 0.238. The van der Waals surface area contributed by atoms with Crippen LogP contribution in [-0.4, -0.2) is 29.0 Å². The number of methoxy groups -OCH3 is 2. The quantitative estimate of drug-likeness (QED) is 0.698. The summed E-state index contributed by atoms with van der Waals surface area (Å²) in [6.07, 6.45) is 2.49. The molecule has 1 aromatic heterocycles. The molecular formula is C21H20F2N4O2. The predicted octanol–water partition coefficient (Wildman–Crippen LogP) is 4.19. The molecule has 2 heterocycles. The van der Waals surface area contributed by atoms with Gasteiger partial charge < -0.3 is 14.8 Å². The standard InChI is InChI=1S/C21H20F2N4O2/c1-4-20-25-21-24-16(12-5-6-18(28-2)19(9-12)29-3)11-17(27(21)26-20)13-7-14(22)10-15(23)8-13/h5-11,17H,4H2,1-3H3,(H,24,25,26)/t17-/m1/s1. The molecule has 0 saturated carbocycles. The molecule has 0 radical (unpaired) electrons. The topological polar surface area (TPSA) is 61.2 Å². The summed E-state index contributed by atoms with van der Waals surface area (Å²) in [5, 5.41) is 7.74. The Morgan fingerprint density at radius 2 is 1.76 bits per heavy atom. The fourth-order valence-electron chi connectivity index (χ4n) is 3.34. The molecule has 6 nitrogen and oxygen atoms in total. The summed E-state index contributed by atoms with van der Waals surface area (Å²) in [6, 6.07) is 8.43. The van der Waals surface area contributed by atoms with Crippen molar-refractivity contribution in [2.45, 2.75) is 19.4 Å². The molecule has 150 valence electrons. The third-order valence-corrected chi connectivity index (χ3v) is 4.75. The number of fused-ring (bicyclic) bond motifs is 1. The number of halogens is 2. The van der Waals surface area contributed by atoms with Crippen LogP contribution in [0.25, 0.3) is 5.70 Å². The van der Waals surface area contributed by atoms with Crippen LogP contribution in [0.2, 0.25) is 0 Å². The molecule has 0 amide bonds. The molecule has 0 bridgehead atoms. The highest BCUT2D eigenvalue weighted by Crippen LogP contribution is 2.36. The van der Waals surface area contributed by atoms with E-state index < -0.39 is 17.7 Å². The van der Waals surface area contributed by atoms with E-state index in [9.17, 15) is 8.78 Å². The lowest BCUT2D eigenvalue weighted by molar-refractivity contribution is 0.355. The number of aryl methyl sites for hydroxylation is 1. The average Bonchev–Trinajstić information content (AvgIpc) is 3.15. The first-order chi connectivity index (χ1) is 14.0. The van der Waals surface area contributed by atoms with Gasteiger partial charge in [-0.1, -0.05) is 6.92 Å². The third kappa shape index (κ3) is 3.53. The van der Waals surface area contributed by atoms with Crippen molar-refractivity contribution in [3.63, 3.8) is 0 Å². The number of allylic oxidation sites excluding steroid dienone is 1. The number of anilines is 1. The normalized spacial score (nSPS) is 15.3. The summed E-state index contributed by atoms with van der Waals surface area (Å²) < 4.78 is 40.1. The van der Waals surface area contributed by atoms with E-state index >= 15 is 0 Å². The molecule has 0 aliphatic carbocycles. The van der Waals surface area contributed by atoms with Crippen LogP contribution in [0.3, 0.4) is 0 Å². The van der Waals surface area contributed by atoms with E-state index in [1.54, 1.807) is 25.0 Å². The molecule has 0 fully saturated rings. The molecule has 1 atom stereocenters. The van der Waals surface area contributed by atoms with E-state index in [1.807, 2.05) is 25.1 Å². The molecule has 0 unspecified atom stereocenters. The highest BCUT2D eigenvalue weighted by Gasteiger charge is 2.26. The molecule has 0 saturated heterocycles. The number of benzene rings is 2. The minimum atomic E-state index is -0.642. The number of hydrogen-bond acceptors (Lipinski definition) is 5. The Kier molecular flexibility index (Phi) is 4.92. The van der Waals surface area contributed by atoms with Crippen molar-refractivity contribution in [3.05, 3.63) is 71.1 Å². The lowest BCUT2D eigenvalue weighted by Gasteiger charge is -2.24. The Labute approximate surface area is 166 Å². The Morgan fingerprint density at radius 1 is 1.03 bits per heavy atom. The van der Waals surface area contributed by atoms with Gasteiger partial charge in [-0.15, -0.1) is 0 Å². The zero-order chi connectivity index (χ0) is 20.5. The molecule has 1 N–H and O–H groups in total. The summed E-state index contributed by atoms with van der Waals surface area (Å²) in [5.41, 5.74) is 1.98. The molecule has 2 aromatic carbocycles. The molecular weight excluding hydrogens is 378 g/mol. The first-order valence-electron chi connectivity index (χ1n) is 9.15. The molecule has 0 spiro atoms. The minimum absolute atomic E-state index is 0.441. The molecule has 1 aliphatic heterocycles. The highest BCUT2D eigenvalue weighted by atomic mass is 19.1. The Bertz CT molecular complexity index is 1070. The van der Waals surface area contributed by atoms with Crippen molar-refractivity contribution in [1.82, 2.24) is 14.8 Å². The summed E-state index contributed by atoms with van der Waals surface area (Å²) >= 11 is 0. The maximum absolute atomic E-state index is 13.9.